The molecule has 2 N–H and O–H groups in total. The van der Waals surface area contributed by atoms with Gasteiger partial charge < -0.3 is 15.2 Å². The third kappa shape index (κ3) is 4.35. The average molecular weight is 326 g/mol. The quantitative estimate of drug-likeness (QED) is 0.848. The van der Waals surface area contributed by atoms with Crippen molar-refractivity contribution in [3.63, 3.8) is 0 Å². The zero-order valence-electron chi connectivity index (χ0n) is 11.6. The van der Waals surface area contributed by atoms with Crippen molar-refractivity contribution >= 4 is 23.2 Å². The van der Waals surface area contributed by atoms with Crippen LogP contribution in [-0.2, 0) is 6.54 Å². The van der Waals surface area contributed by atoms with Crippen LogP contribution in [-0.4, -0.2) is 18.8 Å². The summed E-state index contributed by atoms with van der Waals surface area (Å²) in [5.41, 5.74) is 1.73. The summed E-state index contributed by atoms with van der Waals surface area (Å²) in [7, 11) is 1.57. The Labute approximate surface area is 134 Å². The van der Waals surface area contributed by atoms with E-state index < -0.39 is 6.10 Å². The molecule has 0 heterocycles. The van der Waals surface area contributed by atoms with Gasteiger partial charge in [-0.2, -0.15) is 0 Å². The minimum Gasteiger partial charge on any atom is -0.495 e. The number of halogens is 2. The molecule has 2 aromatic rings. The molecule has 0 unspecified atom stereocenters. The summed E-state index contributed by atoms with van der Waals surface area (Å²) in [6.07, 6.45) is -0.563. The third-order valence-corrected chi connectivity index (χ3v) is 3.63. The molecule has 21 heavy (non-hydrogen) atoms. The van der Waals surface area contributed by atoms with Crippen LogP contribution in [0.4, 0.5) is 0 Å². The average Bonchev–Trinajstić information content (AvgIpc) is 2.47. The summed E-state index contributed by atoms with van der Waals surface area (Å²) in [4.78, 5) is 0. The van der Waals surface area contributed by atoms with Crippen LogP contribution in [0.5, 0.6) is 5.75 Å². The van der Waals surface area contributed by atoms with Gasteiger partial charge in [-0.15, -0.1) is 0 Å². The van der Waals surface area contributed by atoms with Gasteiger partial charge in [0.1, 0.15) is 5.75 Å². The normalized spacial score (nSPS) is 12.2. The second-order valence-electron chi connectivity index (χ2n) is 4.64. The highest BCUT2D eigenvalue weighted by Gasteiger charge is 2.11. The highest BCUT2D eigenvalue weighted by molar-refractivity contribution is 6.35. The predicted molar refractivity (Wildman–Crippen MR) is 86.1 cm³/mol. The number of rotatable bonds is 6. The number of benzene rings is 2. The van der Waals surface area contributed by atoms with E-state index in [9.17, 15) is 5.11 Å². The van der Waals surface area contributed by atoms with Gasteiger partial charge in [-0.05, 0) is 17.7 Å². The lowest BCUT2D eigenvalue weighted by Crippen LogP contribution is -2.21. The maximum atomic E-state index is 10.1. The Hall–Kier alpha value is -1.26. The summed E-state index contributed by atoms with van der Waals surface area (Å²) >= 11 is 12.1. The standard InChI is InChI=1S/C16H17Cl2NO2/c1-21-16-12(7-13(17)8-14(16)18)9-19-10-15(20)11-5-3-2-4-6-11/h2-8,15,19-20H,9-10H2,1H3/t15-/m1/s1. The molecule has 112 valence electrons. The van der Waals surface area contributed by atoms with E-state index in [1.807, 2.05) is 30.3 Å². The highest BCUT2D eigenvalue weighted by atomic mass is 35.5. The van der Waals surface area contributed by atoms with Gasteiger partial charge in [0, 0.05) is 23.7 Å². The molecule has 0 aliphatic heterocycles. The maximum absolute atomic E-state index is 10.1. The second-order valence-corrected chi connectivity index (χ2v) is 5.48. The van der Waals surface area contributed by atoms with Crippen molar-refractivity contribution in [3.8, 4) is 5.75 Å². The topological polar surface area (TPSA) is 41.5 Å². The molecule has 3 nitrogen and oxygen atoms in total. The fourth-order valence-corrected chi connectivity index (χ4v) is 2.72. The van der Waals surface area contributed by atoms with Crippen LogP contribution in [0.1, 0.15) is 17.2 Å². The molecule has 2 aromatic carbocycles. The van der Waals surface area contributed by atoms with E-state index in [1.165, 1.54) is 0 Å². The molecule has 5 heteroatoms. The van der Waals surface area contributed by atoms with Gasteiger partial charge in [-0.1, -0.05) is 53.5 Å². The van der Waals surface area contributed by atoms with Gasteiger partial charge in [-0.3, -0.25) is 0 Å². The Morgan fingerprint density at radius 2 is 1.90 bits per heavy atom. The van der Waals surface area contributed by atoms with Crippen LogP contribution in [0, 0.1) is 0 Å². The van der Waals surface area contributed by atoms with E-state index in [0.29, 0.717) is 28.9 Å². The molecular formula is C16H17Cl2NO2. The molecular weight excluding hydrogens is 309 g/mol. The van der Waals surface area contributed by atoms with Gasteiger partial charge in [0.15, 0.2) is 0 Å². The van der Waals surface area contributed by atoms with E-state index in [2.05, 4.69) is 5.32 Å². The van der Waals surface area contributed by atoms with Crippen LogP contribution in [0.15, 0.2) is 42.5 Å². The van der Waals surface area contributed by atoms with Crippen molar-refractivity contribution in [2.24, 2.45) is 0 Å². The first-order valence-electron chi connectivity index (χ1n) is 6.57. The first kappa shape index (κ1) is 16.1. The first-order valence-corrected chi connectivity index (χ1v) is 7.33. The van der Waals surface area contributed by atoms with E-state index in [-0.39, 0.29) is 0 Å². The number of hydrogen-bond donors (Lipinski definition) is 2. The lowest BCUT2D eigenvalue weighted by molar-refractivity contribution is 0.174. The van der Waals surface area contributed by atoms with E-state index >= 15 is 0 Å². The number of aliphatic hydroxyl groups excluding tert-OH is 1. The maximum Gasteiger partial charge on any atom is 0.142 e. The molecule has 0 saturated carbocycles. The molecule has 0 bridgehead atoms. The van der Waals surface area contributed by atoms with Crippen LogP contribution in [0.25, 0.3) is 0 Å². The molecule has 0 aliphatic carbocycles. The van der Waals surface area contributed by atoms with Crippen molar-refractivity contribution < 1.29 is 9.84 Å². The number of hydrogen-bond acceptors (Lipinski definition) is 3. The SMILES string of the molecule is COc1c(Cl)cc(Cl)cc1CNC[C@@H](O)c1ccccc1. The van der Waals surface area contributed by atoms with Crippen molar-refractivity contribution in [1.29, 1.82) is 0 Å². The zero-order chi connectivity index (χ0) is 15.2. The number of aliphatic hydroxyl groups is 1. The highest BCUT2D eigenvalue weighted by Crippen LogP contribution is 2.32. The van der Waals surface area contributed by atoms with Gasteiger partial charge in [0.05, 0.1) is 18.2 Å². The summed E-state index contributed by atoms with van der Waals surface area (Å²) in [5.74, 6) is 0.600. The largest absolute Gasteiger partial charge is 0.495 e. The number of ether oxygens (including phenoxy) is 1. The predicted octanol–water partition coefficient (Wildman–Crippen LogP) is 3.83. The first-order chi connectivity index (χ1) is 10.1. The molecule has 0 amide bonds. The van der Waals surface area contributed by atoms with E-state index in [1.54, 1.807) is 19.2 Å². The lowest BCUT2D eigenvalue weighted by atomic mass is 10.1. The molecule has 0 aliphatic rings. The molecule has 0 aromatic heterocycles. The monoisotopic (exact) mass is 325 g/mol. The van der Waals surface area contributed by atoms with Crippen LogP contribution in [0.2, 0.25) is 10.0 Å². The van der Waals surface area contributed by atoms with Crippen molar-refractivity contribution in [2.75, 3.05) is 13.7 Å². The molecule has 0 spiro atoms. The Balaban J connectivity index is 1.98. The van der Waals surface area contributed by atoms with Crippen LogP contribution in [0.3, 0.4) is 0 Å². The van der Waals surface area contributed by atoms with Gasteiger partial charge in [0.2, 0.25) is 0 Å². The second kappa shape index (κ2) is 7.66. The summed E-state index contributed by atoms with van der Waals surface area (Å²) in [6.45, 7) is 0.935. The van der Waals surface area contributed by atoms with Crippen LogP contribution >= 0.6 is 23.2 Å². The minimum absolute atomic E-state index is 0.428. The smallest absolute Gasteiger partial charge is 0.142 e. The zero-order valence-corrected chi connectivity index (χ0v) is 13.2. The molecule has 2 rings (SSSR count). The number of methoxy groups -OCH3 is 1. The van der Waals surface area contributed by atoms with Gasteiger partial charge >= 0.3 is 0 Å². The van der Waals surface area contributed by atoms with E-state index in [0.717, 1.165) is 11.1 Å². The summed E-state index contributed by atoms with van der Waals surface area (Å²) < 4.78 is 5.28. The molecule has 0 radical (unpaired) electrons. The summed E-state index contributed by atoms with van der Waals surface area (Å²) in [5, 5.41) is 14.3. The Morgan fingerprint density at radius 1 is 1.19 bits per heavy atom. The fourth-order valence-electron chi connectivity index (χ4n) is 2.11. The lowest BCUT2D eigenvalue weighted by Gasteiger charge is -2.14. The van der Waals surface area contributed by atoms with Crippen molar-refractivity contribution in [2.45, 2.75) is 12.6 Å². The minimum atomic E-state index is -0.563. The molecule has 0 saturated heterocycles. The fraction of sp³-hybridized carbons (Fsp3) is 0.250. The third-order valence-electron chi connectivity index (χ3n) is 3.13. The Kier molecular flexibility index (Phi) is 5.88. The summed E-state index contributed by atoms with van der Waals surface area (Å²) in [6, 6.07) is 12.9. The van der Waals surface area contributed by atoms with Gasteiger partial charge in [-0.25, -0.2) is 0 Å². The Bertz CT molecular complexity index is 590. The van der Waals surface area contributed by atoms with Crippen LogP contribution < -0.4 is 10.1 Å². The Morgan fingerprint density at radius 3 is 2.57 bits per heavy atom. The molecule has 0 fully saturated rings. The molecule has 1 atom stereocenters. The van der Waals surface area contributed by atoms with Crippen molar-refractivity contribution in [3.05, 3.63) is 63.6 Å². The van der Waals surface area contributed by atoms with Crippen molar-refractivity contribution in [1.82, 2.24) is 5.32 Å². The number of nitrogens with one attached hydrogen (secondary N) is 1. The van der Waals surface area contributed by atoms with Gasteiger partial charge in [0.25, 0.3) is 0 Å². The van der Waals surface area contributed by atoms with E-state index in [4.69, 9.17) is 27.9 Å².